The van der Waals surface area contributed by atoms with E-state index in [1.807, 2.05) is 23.6 Å². The molecular weight excluding hydrogens is 302 g/mol. The molecule has 0 radical (unpaired) electrons. The Kier molecular flexibility index (Phi) is 4.15. The largest absolute Gasteiger partial charge is 0.496 e. The first-order valence-electron chi connectivity index (χ1n) is 5.13. The summed E-state index contributed by atoms with van der Waals surface area (Å²) in [6, 6.07) is 5.86. The van der Waals surface area contributed by atoms with Gasteiger partial charge in [-0.1, -0.05) is 0 Å². The maximum absolute atomic E-state index is 8.85. The molecule has 1 N–H and O–H groups in total. The number of ether oxygens (including phenoxy) is 1. The van der Waals surface area contributed by atoms with Crippen molar-refractivity contribution >= 4 is 27.3 Å². The minimum atomic E-state index is 0.138. The molecule has 0 aliphatic carbocycles. The molecule has 0 fully saturated rings. The van der Waals surface area contributed by atoms with E-state index in [1.54, 1.807) is 18.4 Å². The van der Waals surface area contributed by atoms with Crippen LogP contribution in [0.5, 0.6) is 5.75 Å². The molecular formula is C12H12BrNO2S. The summed E-state index contributed by atoms with van der Waals surface area (Å²) in [7, 11) is 1.64. The van der Waals surface area contributed by atoms with Crippen LogP contribution in [0.25, 0.3) is 11.3 Å². The number of aliphatic hydroxyl groups excluding tert-OH is 1. The first-order chi connectivity index (χ1) is 8.24. The quantitative estimate of drug-likeness (QED) is 0.943. The van der Waals surface area contributed by atoms with Crippen LogP contribution in [0, 0.1) is 0 Å². The summed E-state index contributed by atoms with van der Waals surface area (Å²) >= 11 is 5.02. The lowest BCUT2D eigenvalue weighted by Crippen LogP contribution is -1.89. The molecule has 3 nitrogen and oxygen atoms in total. The van der Waals surface area contributed by atoms with Crippen molar-refractivity contribution in [3.05, 3.63) is 33.1 Å². The fraction of sp³-hybridized carbons (Fsp3) is 0.250. The van der Waals surface area contributed by atoms with E-state index in [-0.39, 0.29) is 6.61 Å². The van der Waals surface area contributed by atoms with E-state index in [0.29, 0.717) is 6.42 Å². The van der Waals surface area contributed by atoms with E-state index in [1.165, 1.54) is 0 Å². The van der Waals surface area contributed by atoms with Crippen molar-refractivity contribution in [1.29, 1.82) is 0 Å². The zero-order valence-corrected chi connectivity index (χ0v) is 11.7. The standard InChI is InChI=1S/C12H12BrNO2S/c1-16-11-3-2-8(6-9(11)13)10-7-17-12(14-10)4-5-15/h2-3,6-7,15H,4-5H2,1H3. The molecule has 0 amide bonds. The van der Waals surface area contributed by atoms with Crippen LogP contribution in [-0.2, 0) is 6.42 Å². The van der Waals surface area contributed by atoms with Gasteiger partial charge in [-0.3, -0.25) is 0 Å². The highest BCUT2D eigenvalue weighted by Crippen LogP contribution is 2.31. The van der Waals surface area contributed by atoms with E-state index >= 15 is 0 Å². The second-order valence-electron chi connectivity index (χ2n) is 3.45. The Morgan fingerprint density at radius 3 is 2.94 bits per heavy atom. The van der Waals surface area contributed by atoms with Crippen LogP contribution in [-0.4, -0.2) is 23.8 Å². The average molecular weight is 314 g/mol. The van der Waals surface area contributed by atoms with Crippen molar-refractivity contribution in [2.75, 3.05) is 13.7 Å². The van der Waals surface area contributed by atoms with Gasteiger partial charge in [-0.25, -0.2) is 4.98 Å². The second-order valence-corrected chi connectivity index (χ2v) is 5.25. The predicted molar refractivity (Wildman–Crippen MR) is 72.6 cm³/mol. The first kappa shape index (κ1) is 12.5. The fourth-order valence-corrected chi connectivity index (χ4v) is 2.82. The third kappa shape index (κ3) is 2.86. The Balaban J connectivity index is 2.29. The highest BCUT2D eigenvalue weighted by Gasteiger charge is 2.07. The molecule has 17 heavy (non-hydrogen) atoms. The average Bonchev–Trinajstić information content (AvgIpc) is 2.78. The van der Waals surface area contributed by atoms with Crippen molar-refractivity contribution in [3.8, 4) is 17.0 Å². The van der Waals surface area contributed by atoms with Gasteiger partial charge < -0.3 is 9.84 Å². The molecule has 0 unspecified atom stereocenters. The summed E-state index contributed by atoms with van der Waals surface area (Å²) in [6.07, 6.45) is 0.613. The molecule has 1 aromatic carbocycles. The monoisotopic (exact) mass is 313 g/mol. The number of aromatic nitrogens is 1. The van der Waals surface area contributed by atoms with Crippen LogP contribution in [0.15, 0.2) is 28.1 Å². The van der Waals surface area contributed by atoms with Crippen LogP contribution in [0.1, 0.15) is 5.01 Å². The third-order valence-electron chi connectivity index (χ3n) is 2.32. The third-order valence-corrected chi connectivity index (χ3v) is 3.85. The van der Waals surface area contributed by atoms with Gasteiger partial charge in [0, 0.05) is 24.0 Å². The number of thiazole rings is 1. The second kappa shape index (κ2) is 5.62. The van der Waals surface area contributed by atoms with Crippen molar-refractivity contribution < 1.29 is 9.84 Å². The first-order valence-corrected chi connectivity index (χ1v) is 6.81. The minimum absolute atomic E-state index is 0.138. The molecule has 5 heteroatoms. The molecule has 1 aromatic heterocycles. The van der Waals surface area contributed by atoms with E-state index < -0.39 is 0 Å². The van der Waals surface area contributed by atoms with Crippen LogP contribution >= 0.6 is 27.3 Å². The molecule has 0 atom stereocenters. The Hall–Kier alpha value is -0.910. The lowest BCUT2D eigenvalue weighted by Gasteiger charge is -2.04. The SMILES string of the molecule is COc1ccc(-c2csc(CCO)n2)cc1Br. The summed E-state index contributed by atoms with van der Waals surface area (Å²) in [5.41, 5.74) is 1.97. The number of aliphatic hydroxyl groups is 1. The van der Waals surface area contributed by atoms with Crippen LogP contribution in [0.3, 0.4) is 0 Å². The highest BCUT2D eigenvalue weighted by molar-refractivity contribution is 9.10. The maximum atomic E-state index is 8.85. The van der Waals surface area contributed by atoms with E-state index in [0.717, 1.165) is 26.5 Å². The minimum Gasteiger partial charge on any atom is -0.496 e. The van der Waals surface area contributed by atoms with Gasteiger partial charge in [-0.15, -0.1) is 11.3 Å². The van der Waals surface area contributed by atoms with Gasteiger partial charge in [0.1, 0.15) is 5.75 Å². The molecule has 90 valence electrons. The Morgan fingerprint density at radius 1 is 1.47 bits per heavy atom. The number of hydrogen-bond donors (Lipinski definition) is 1. The number of hydrogen-bond acceptors (Lipinski definition) is 4. The van der Waals surface area contributed by atoms with Gasteiger partial charge in [-0.2, -0.15) is 0 Å². The van der Waals surface area contributed by atoms with Gasteiger partial charge in [0.15, 0.2) is 0 Å². The zero-order valence-electron chi connectivity index (χ0n) is 9.31. The number of halogens is 1. The Bertz CT molecular complexity index is 513. The molecule has 0 bridgehead atoms. The van der Waals surface area contributed by atoms with Gasteiger partial charge >= 0.3 is 0 Å². The normalized spacial score (nSPS) is 10.5. The maximum Gasteiger partial charge on any atom is 0.133 e. The molecule has 0 saturated heterocycles. The summed E-state index contributed by atoms with van der Waals surface area (Å²) in [6.45, 7) is 0.138. The Labute approximate surface area is 112 Å². The molecule has 0 spiro atoms. The van der Waals surface area contributed by atoms with Crippen molar-refractivity contribution in [3.63, 3.8) is 0 Å². The zero-order chi connectivity index (χ0) is 12.3. The van der Waals surface area contributed by atoms with E-state index in [9.17, 15) is 0 Å². The van der Waals surface area contributed by atoms with Crippen molar-refractivity contribution in [1.82, 2.24) is 4.98 Å². The highest BCUT2D eigenvalue weighted by atomic mass is 79.9. The van der Waals surface area contributed by atoms with Crippen LogP contribution in [0.2, 0.25) is 0 Å². The smallest absolute Gasteiger partial charge is 0.133 e. The molecule has 2 aromatic rings. The van der Waals surface area contributed by atoms with Gasteiger partial charge in [0.05, 0.1) is 22.3 Å². The molecule has 2 rings (SSSR count). The van der Waals surface area contributed by atoms with Crippen molar-refractivity contribution in [2.45, 2.75) is 6.42 Å². The molecule has 0 aliphatic rings. The topological polar surface area (TPSA) is 42.4 Å². The van der Waals surface area contributed by atoms with Gasteiger partial charge in [-0.05, 0) is 34.1 Å². The summed E-state index contributed by atoms with van der Waals surface area (Å²) in [5.74, 6) is 0.805. The number of benzene rings is 1. The number of methoxy groups -OCH3 is 1. The lowest BCUT2D eigenvalue weighted by atomic mass is 10.2. The van der Waals surface area contributed by atoms with Crippen LogP contribution < -0.4 is 4.74 Å². The summed E-state index contributed by atoms with van der Waals surface area (Å²) in [4.78, 5) is 4.46. The summed E-state index contributed by atoms with van der Waals surface area (Å²) < 4.78 is 6.09. The van der Waals surface area contributed by atoms with E-state index in [2.05, 4.69) is 20.9 Å². The molecule has 0 aliphatic heterocycles. The van der Waals surface area contributed by atoms with Crippen molar-refractivity contribution in [2.24, 2.45) is 0 Å². The number of rotatable bonds is 4. The Morgan fingerprint density at radius 2 is 2.29 bits per heavy atom. The van der Waals surface area contributed by atoms with Gasteiger partial charge in [0.25, 0.3) is 0 Å². The summed E-state index contributed by atoms with van der Waals surface area (Å²) in [5, 5.41) is 11.8. The molecule has 1 heterocycles. The molecule has 0 saturated carbocycles. The predicted octanol–water partition coefficient (Wildman–Crippen LogP) is 3.12. The van der Waals surface area contributed by atoms with Crippen LogP contribution in [0.4, 0.5) is 0 Å². The van der Waals surface area contributed by atoms with Gasteiger partial charge in [0.2, 0.25) is 0 Å². The van der Waals surface area contributed by atoms with E-state index in [4.69, 9.17) is 9.84 Å². The lowest BCUT2D eigenvalue weighted by molar-refractivity contribution is 0.299. The fourth-order valence-electron chi connectivity index (χ4n) is 1.48. The number of nitrogens with zero attached hydrogens (tertiary/aromatic N) is 1.